The highest BCUT2D eigenvalue weighted by molar-refractivity contribution is 5.90. The third-order valence-electron chi connectivity index (χ3n) is 6.69. The van der Waals surface area contributed by atoms with Crippen LogP contribution in [0.25, 0.3) is 0 Å². The lowest BCUT2D eigenvalue weighted by molar-refractivity contribution is -0.270. The SMILES string of the molecule is COC(CCc1ccc(NC(=O)CCOCCOCCOCCOCCOCCC(=O)O)cc1)(CC1(C)OCCO1)OC. The molecule has 0 aromatic heterocycles. The van der Waals surface area contributed by atoms with Crippen molar-refractivity contribution in [3.63, 3.8) is 0 Å². The van der Waals surface area contributed by atoms with Gasteiger partial charge in [-0.1, -0.05) is 12.1 Å². The molecule has 13 heteroatoms. The van der Waals surface area contributed by atoms with Gasteiger partial charge in [0.05, 0.1) is 98.5 Å². The standard InChI is InChI=1S/C30H49NO12/c1-29(42-22-23-43-29)24-30(35-2,36-3)11-8-25-4-6-26(7-5-25)31-27(32)9-12-37-14-16-39-18-20-41-21-19-40-17-15-38-13-10-28(33)34/h4-7H,8-24H2,1-3H3,(H,31,32)(H,33,34). The van der Waals surface area contributed by atoms with Gasteiger partial charge in [0.1, 0.15) is 0 Å². The van der Waals surface area contributed by atoms with Gasteiger partial charge in [-0.15, -0.1) is 0 Å². The van der Waals surface area contributed by atoms with Crippen LogP contribution >= 0.6 is 0 Å². The third-order valence-corrected chi connectivity index (χ3v) is 6.69. The maximum atomic E-state index is 12.3. The van der Waals surface area contributed by atoms with Crippen LogP contribution in [0.15, 0.2) is 24.3 Å². The Morgan fingerprint density at radius 3 is 1.72 bits per heavy atom. The van der Waals surface area contributed by atoms with Crippen LogP contribution in [-0.4, -0.2) is 122 Å². The number of methoxy groups -OCH3 is 2. The predicted octanol–water partition coefficient (Wildman–Crippen LogP) is 2.65. The molecule has 1 aliphatic rings. The molecule has 0 aliphatic carbocycles. The van der Waals surface area contributed by atoms with Gasteiger partial charge in [-0.05, 0) is 31.0 Å². The van der Waals surface area contributed by atoms with Crippen LogP contribution in [0.5, 0.6) is 0 Å². The van der Waals surface area contributed by atoms with Gasteiger partial charge >= 0.3 is 5.97 Å². The second-order valence-corrected chi connectivity index (χ2v) is 10.0. The quantitative estimate of drug-likeness (QED) is 0.117. The van der Waals surface area contributed by atoms with Crippen molar-refractivity contribution in [1.82, 2.24) is 0 Å². The molecule has 0 unspecified atom stereocenters. The van der Waals surface area contributed by atoms with E-state index in [0.29, 0.717) is 85.5 Å². The minimum absolute atomic E-state index is 0.0130. The Balaban J connectivity index is 1.46. The molecule has 1 aliphatic heterocycles. The molecule has 2 N–H and O–H groups in total. The number of amides is 1. The summed E-state index contributed by atoms with van der Waals surface area (Å²) in [5, 5.41) is 11.4. The summed E-state index contributed by atoms with van der Waals surface area (Å²) in [5.41, 5.74) is 1.81. The molecule has 1 amide bonds. The van der Waals surface area contributed by atoms with E-state index in [2.05, 4.69) is 5.32 Å². The van der Waals surface area contributed by atoms with Crippen LogP contribution in [-0.2, 0) is 58.6 Å². The van der Waals surface area contributed by atoms with Crippen LogP contribution in [0, 0.1) is 0 Å². The predicted molar refractivity (Wildman–Crippen MR) is 156 cm³/mol. The summed E-state index contributed by atoms with van der Waals surface area (Å²) in [4.78, 5) is 22.6. The summed E-state index contributed by atoms with van der Waals surface area (Å²) in [5.74, 6) is -2.57. The number of rotatable bonds is 26. The Morgan fingerprint density at radius 2 is 1.26 bits per heavy atom. The fraction of sp³-hybridized carbons (Fsp3) is 0.733. The molecule has 13 nitrogen and oxygen atoms in total. The lowest BCUT2D eigenvalue weighted by atomic mass is 9.97. The van der Waals surface area contributed by atoms with Crippen LogP contribution in [0.1, 0.15) is 38.2 Å². The monoisotopic (exact) mass is 615 g/mol. The number of carboxylic acids is 1. The van der Waals surface area contributed by atoms with Crippen molar-refractivity contribution in [3.8, 4) is 0 Å². The number of benzene rings is 1. The number of carbonyl (C=O) groups excluding carboxylic acids is 1. The number of anilines is 1. The molecule has 1 heterocycles. The molecule has 43 heavy (non-hydrogen) atoms. The Morgan fingerprint density at radius 1 is 0.791 bits per heavy atom. The number of carbonyl (C=O) groups is 2. The molecular weight excluding hydrogens is 566 g/mol. The number of carboxylic acid groups (broad SMARTS) is 1. The minimum Gasteiger partial charge on any atom is -0.481 e. The fourth-order valence-corrected chi connectivity index (χ4v) is 4.29. The van der Waals surface area contributed by atoms with E-state index in [-0.39, 0.29) is 25.4 Å². The molecule has 0 radical (unpaired) electrons. The van der Waals surface area contributed by atoms with Crippen LogP contribution in [0.3, 0.4) is 0 Å². The lowest BCUT2D eigenvalue weighted by Gasteiger charge is -2.36. The van der Waals surface area contributed by atoms with Crippen molar-refractivity contribution in [3.05, 3.63) is 29.8 Å². The van der Waals surface area contributed by atoms with Crippen LogP contribution in [0.4, 0.5) is 5.69 Å². The largest absolute Gasteiger partial charge is 0.481 e. The van der Waals surface area contributed by atoms with Crippen molar-refractivity contribution in [2.75, 3.05) is 98.8 Å². The zero-order valence-electron chi connectivity index (χ0n) is 25.8. The lowest BCUT2D eigenvalue weighted by Crippen LogP contribution is -2.43. The van der Waals surface area contributed by atoms with E-state index in [0.717, 1.165) is 17.7 Å². The smallest absolute Gasteiger partial charge is 0.305 e. The first-order valence-electron chi connectivity index (χ1n) is 14.7. The van der Waals surface area contributed by atoms with Gasteiger partial charge < -0.3 is 53.1 Å². The van der Waals surface area contributed by atoms with Gasteiger partial charge in [0.2, 0.25) is 5.91 Å². The van der Waals surface area contributed by atoms with Gasteiger partial charge in [0, 0.05) is 26.3 Å². The molecule has 1 fully saturated rings. The van der Waals surface area contributed by atoms with E-state index >= 15 is 0 Å². The highest BCUT2D eigenvalue weighted by atomic mass is 16.7. The van der Waals surface area contributed by atoms with Crippen LogP contribution < -0.4 is 5.32 Å². The van der Waals surface area contributed by atoms with Gasteiger partial charge in [-0.3, -0.25) is 9.59 Å². The number of ether oxygens (including phenoxy) is 9. The molecule has 0 spiro atoms. The fourth-order valence-electron chi connectivity index (χ4n) is 4.29. The van der Waals surface area contributed by atoms with E-state index in [9.17, 15) is 9.59 Å². The van der Waals surface area contributed by atoms with E-state index in [4.69, 9.17) is 47.7 Å². The third kappa shape index (κ3) is 16.4. The zero-order chi connectivity index (χ0) is 31.2. The average Bonchev–Trinajstić information content (AvgIpc) is 3.43. The molecule has 1 aromatic carbocycles. The summed E-state index contributed by atoms with van der Waals surface area (Å²) in [6.45, 7) is 6.74. The van der Waals surface area contributed by atoms with Crippen molar-refractivity contribution < 1.29 is 57.3 Å². The number of hydrogen-bond acceptors (Lipinski definition) is 11. The number of aryl methyl sites for hydroxylation is 1. The van der Waals surface area contributed by atoms with Crippen molar-refractivity contribution >= 4 is 17.6 Å². The number of hydrogen-bond donors (Lipinski definition) is 2. The molecule has 246 valence electrons. The molecule has 2 rings (SSSR count). The summed E-state index contributed by atoms with van der Waals surface area (Å²) in [6, 6.07) is 7.70. The number of aliphatic carboxylic acids is 1. The Bertz CT molecular complexity index is 888. The van der Waals surface area contributed by atoms with Gasteiger partial charge in [-0.25, -0.2) is 0 Å². The number of nitrogens with one attached hydrogen (secondary N) is 1. The summed E-state index contributed by atoms with van der Waals surface area (Å²) >= 11 is 0. The van der Waals surface area contributed by atoms with E-state index in [1.54, 1.807) is 14.2 Å². The van der Waals surface area contributed by atoms with Gasteiger partial charge in [0.15, 0.2) is 11.6 Å². The van der Waals surface area contributed by atoms with Gasteiger partial charge in [0.25, 0.3) is 0 Å². The molecule has 1 saturated heterocycles. The molecule has 0 bridgehead atoms. The zero-order valence-corrected chi connectivity index (χ0v) is 25.8. The first kappa shape index (κ1) is 37.0. The van der Waals surface area contributed by atoms with E-state index in [1.165, 1.54) is 0 Å². The highest BCUT2D eigenvalue weighted by Crippen LogP contribution is 2.34. The van der Waals surface area contributed by atoms with E-state index in [1.807, 2.05) is 31.2 Å². The van der Waals surface area contributed by atoms with Crippen LogP contribution in [0.2, 0.25) is 0 Å². The second-order valence-electron chi connectivity index (χ2n) is 10.0. The van der Waals surface area contributed by atoms with Gasteiger partial charge in [-0.2, -0.15) is 0 Å². The molecule has 0 atom stereocenters. The maximum Gasteiger partial charge on any atom is 0.305 e. The first-order valence-corrected chi connectivity index (χ1v) is 14.7. The topological polar surface area (TPSA) is 149 Å². The average molecular weight is 616 g/mol. The Hall–Kier alpha value is -2.20. The summed E-state index contributed by atoms with van der Waals surface area (Å²) in [6.07, 6.45) is 2.02. The maximum absolute atomic E-state index is 12.3. The second kappa shape index (κ2) is 21.5. The minimum atomic E-state index is -0.883. The summed E-state index contributed by atoms with van der Waals surface area (Å²) < 4.78 is 49.7. The molecule has 0 saturated carbocycles. The molecule has 1 aromatic rings. The van der Waals surface area contributed by atoms with Crippen molar-refractivity contribution in [2.24, 2.45) is 0 Å². The highest BCUT2D eigenvalue weighted by Gasteiger charge is 2.42. The summed E-state index contributed by atoms with van der Waals surface area (Å²) in [7, 11) is 3.26. The van der Waals surface area contributed by atoms with Crippen molar-refractivity contribution in [2.45, 2.75) is 50.6 Å². The van der Waals surface area contributed by atoms with E-state index < -0.39 is 17.5 Å². The molecular formula is C30H49NO12. The normalized spacial score (nSPS) is 14.7. The van der Waals surface area contributed by atoms with Crippen molar-refractivity contribution in [1.29, 1.82) is 0 Å². The first-order chi connectivity index (χ1) is 20.8. The Labute approximate surface area is 254 Å². The Kier molecular flexibility index (Phi) is 18.5.